The van der Waals surface area contributed by atoms with E-state index in [9.17, 15) is 31.5 Å². The van der Waals surface area contributed by atoms with E-state index in [0.29, 0.717) is 16.9 Å². The summed E-state index contributed by atoms with van der Waals surface area (Å²) in [5.41, 5.74) is 1.27. The molecule has 2 amide bonds. The van der Waals surface area contributed by atoms with E-state index in [0.717, 1.165) is 12.8 Å². The highest BCUT2D eigenvalue weighted by Crippen LogP contribution is 2.43. The van der Waals surface area contributed by atoms with Crippen LogP contribution in [0.5, 0.6) is 5.75 Å². The van der Waals surface area contributed by atoms with Gasteiger partial charge < -0.3 is 19.9 Å². The van der Waals surface area contributed by atoms with Crippen LogP contribution in [-0.4, -0.2) is 50.3 Å². The van der Waals surface area contributed by atoms with Gasteiger partial charge in [0.05, 0.1) is 43.2 Å². The Kier molecular flexibility index (Phi) is 8.37. The monoisotopic (exact) mass is 598 g/mol. The fourth-order valence-electron chi connectivity index (χ4n) is 5.31. The Hall–Kier alpha value is -3.78. The molecule has 2 aliphatic carbocycles. The number of imidazole rings is 1. The van der Waals surface area contributed by atoms with Crippen LogP contribution < -0.4 is 15.4 Å². The van der Waals surface area contributed by atoms with Crippen molar-refractivity contribution in [2.24, 2.45) is 11.8 Å². The van der Waals surface area contributed by atoms with Crippen LogP contribution >= 0.6 is 0 Å². The fraction of sp³-hybridized carbons (Fsp3) is 0.593. The zero-order valence-corrected chi connectivity index (χ0v) is 22.8. The van der Waals surface area contributed by atoms with Crippen molar-refractivity contribution in [3.63, 3.8) is 0 Å². The summed E-state index contributed by atoms with van der Waals surface area (Å²) in [6.45, 7) is 2.01. The van der Waals surface area contributed by atoms with Gasteiger partial charge in [-0.15, -0.1) is 0 Å². The van der Waals surface area contributed by atoms with Crippen LogP contribution in [0.25, 0.3) is 5.65 Å². The molecule has 5 rings (SSSR count). The third-order valence-electron chi connectivity index (χ3n) is 7.65. The minimum Gasteiger partial charge on any atom is -0.488 e. The average molecular weight is 599 g/mol. The third kappa shape index (κ3) is 7.16. The standard InChI is InChI=1S/C27H31F5N6O4/c1-2-41-19-14-42-37-24(19)25(40)36-23(16-5-8-26(28,29)9-6-16)18-13-38-20(34-18)11-17(12-33-38)22(15-3-4-15)35-21(39)7-10-27(30,31)32/h11-16,22-23H,2-10H2,1H3,(H,35,39)(H,36,40)/t22-,23+/m1/s1. The number of ether oxygens (including phenoxy) is 1. The summed E-state index contributed by atoms with van der Waals surface area (Å²) in [7, 11) is 0. The molecule has 3 aromatic heterocycles. The van der Waals surface area contributed by atoms with E-state index in [1.54, 1.807) is 19.2 Å². The number of hydrogen-bond acceptors (Lipinski definition) is 7. The second-order valence-electron chi connectivity index (χ2n) is 10.9. The van der Waals surface area contributed by atoms with E-state index in [4.69, 9.17) is 9.26 Å². The number of nitrogens with one attached hydrogen (secondary N) is 2. The number of aromatic nitrogens is 4. The minimum atomic E-state index is -4.43. The molecule has 0 spiro atoms. The van der Waals surface area contributed by atoms with E-state index in [1.807, 2.05) is 0 Å². The normalized spacial score (nSPS) is 18.9. The largest absolute Gasteiger partial charge is 0.488 e. The van der Waals surface area contributed by atoms with Crippen LogP contribution in [0.3, 0.4) is 0 Å². The summed E-state index contributed by atoms with van der Waals surface area (Å²) in [5, 5.41) is 13.7. The Balaban J connectivity index is 1.39. The first-order valence-corrected chi connectivity index (χ1v) is 13.9. The van der Waals surface area contributed by atoms with Gasteiger partial charge >= 0.3 is 6.18 Å². The molecule has 3 heterocycles. The fourth-order valence-corrected chi connectivity index (χ4v) is 5.31. The second-order valence-corrected chi connectivity index (χ2v) is 10.9. The van der Waals surface area contributed by atoms with Gasteiger partial charge in [-0.25, -0.2) is 18.3 Å². The van der Waals surface area contributed by atoms with E-state index in [-0.39, 0.29) is 55.6 Å². The summed E-state index contributed by atoms with van der Waals surface area (Å²) >= 11 is 0. The Bertz CT molecular complexity index is 1410. The lowest BCUT2D eigenvalue weighted by molar-refractivity contribution is -0.144. The molecule has 15 heteroatoms. The lowest BCUT2D eigenvalue weighted by Gasteiger charge is -2.33. The van der Waals surface area contributed by atoms with Gasteiger partial charge in [-0.2, -0.15) is 18.3 Å². The molecule has 0 saturated heterocycles. The Labute approximate surface area is 237 Å². The van der Waals surface area contributed by atoms with E-state index in [1.165, 1.54) is 17.0 Å². The molecule has 2 N–H and O–H groups in total. The van der Waals surface area contributed by atoms with Gasteiger partial charge in [0, 0.05) is 19.3 Å². The summed E-state index contributed by atoms with van der Waals surface area (Å²) in [6.07, 6.45) is -0.753. The number of carbonyl (C=O) groups excluding carboxylic acids is 2. The molecule has 42 heavy (non-hydrogen) atoms. The van der Waals surface area contributed by atoms with Crippen molar-refractivity contribution in [2.45, 2.75) is 82.5 Å². The summed E-state index contributed by atoms with van der Waals surface area (Å²) in [4.78, 5) is 30.1. The van der Waals surface area contributed by atoms with E-state index < -0.39 is 48.8 Å². The Morgan fingerprint density at radius 3 is 2.52 bits per heavy atom. The molecule has 2 atom stereocenters. The minimum absolute atomic E-state index is 0.0662. The van der Waals surface area contributed by atoms with Gasteiger partial charge in [-0.05, 0) is 56.1 Å². The van der Waals surface area contributed by atoms with Crippen molar-refractivity contribution in [3.8, 4) is 5.75 Å². The quantitative estimate of drug-likeness (QED) is 0.286. The van der Waals surface area contributed by atoms with Gasteiger partial charge in [-0.1, -0.05) is 5.16 Å². The number of nitrogens with zero attached hydrogens (tertiary/aromatic N) is 4. The zero-order valence-electron chi connectivity index (χ0n) is 22.8. The molecule has 0 aliphatic heterocycles. The number of amides is 2. The van der Waals surface area contributed by atoms with Gasteiger partial charge in [0.15, 0.2) is 17.7 Å². The highest BCUT2D eigenvalue weighted by molar-refractivity contribution is 5.95. The average Bonchev–Trinajstić information content (AvgIpc) is 3.51. The van der Waals surface area contributed by atoms with Crippen molar-refractivity contribution in [2.75, 3.05) is 6.61 Å². The van der Waals surface area contributed by atoms with Crippen LogP contribution in [0.4, 0.5) is 22.0 Å². The molecule has 0 aromatic carbocycles. The van der Waals surface area contributed by atoms with Crippen LogP contribution in [0.2, 0.25) is 0 Å². The van der Waals surface area contributed by atoms with Crippen LogP contribution in [0.15, 0.2) is 29.2 Å². The van der Waals surface area contributed by atoms with Crippen molar-refractivity contribution in [3.05, 3.63) is 41.7 Å². The Morgan fingerprint density at radius 1 is 1.14 bits per heavy atom. The van der Waals surface area contributed by atoms with E-state index >= 15 is 0 Å². The van der Waals surface area contributed by atoms with E-state index in [2.05, 4.69) is 25.9 Å². The molecule has 228 valence electrons. The molecule has 10 nitrogen and oxygen atoms in total. The molecule has 2 aliphatic rings. The molecular formula is C27H31F5N6O4. The molecule has 0 bridgehead atoms. The van der Waals surface area contributed by atoms with Crippen molar-refractivity contribution >= 4 is 17.5 Å². The number of carbonyl (C=O) groups is 2. The summed E-state index contributed by atoms with van der Waals surface area (Å²) in [5.74, 6) is -4.24. The molecule has 2 saturated carbocycles. The molecule has 2 fully saturated rings. The topological polar surface area (TPSA) is 124 Å². The van der Waals surface area contributed by atoms with Crippen molar-refractivity contribution < 1.29 is 40.8 Å². The first-order valence-electron chi connectivity index (χ1n) is 13.9. The number of alkyl halides is 5. The van der Waals surface area contributed by atoms with Crippen molar-refractivity contribution in [1.29, 1.82) is 0 Å². The predicted octanol–water partition coefficient (Wildman–Crippen LogP) is 5.32. The molecular weight excluding hydrogens is 567 g/mol. The molecule has 0 unspecified atom stereocenters. The zero-order chi connectivity index (χ0) is 30.1. The van der Waals surface area contributed by atoms with Gasteiger partial charge in [0.2, 0.25) is 17.5 Å². The number of fused-ring (bicyclic) bond motifs is 1. The lowest BCUT2D eigenvalue weighted by atomic mass is 9.81. The lowest BCUT2D eigenvalue weighted by Crippen LogP contribution is -2.37. The first-order chi connectivity index (χ1) is 19.9. The number of hydrogen-bond donors (Lipinski definition) is 2. The number of halogens is 5. The maximum Gasteiger partial charge on any atom is 0.389 e. The number of rotatable bonds is 11. The first kappa shape index (κ1) is 29.7. The second kappa shape index (κ2) is 11.8. The van der Waals surface area contributed by atoms with Gasteiger partial charge in [-0.3, -0.25) is 9.59 Å². The van der Waals surface area contributed by atoms with Crippen molar-refractivity contribution in [1.82, 2.24) is 30.4 Å². The summed E-state index contributed by atoms with van der Waals surface area (Å²) in [6, 6.07) is 0.400. The van der Waals surface area contributed by atoms with Gasteiger partial charge in [0.25, 0.3) is 5.91 Å². The Morgan fingerprint density at radius 2 is 1.86 bits per heavy atom. The van der Waals surface area contributed by atoms with Crippen LogP contribution in [0, 0.1) is 11.8 Å². The molecule has 0 radical (unpaired) electrons. The smallest absolute Gasteiger partial charge is 0.389 e. The SMILES string of the molecule is CCOc1conc1C(=O)N[C@H](c1cn2ncc([C@H](NC(=O)CCC(F)(F)F)C3CC3)cc2n1)C1CCC(F)(F)CC1. The van der Waals surface area contributed by atoms with Crippen LogP contribution in [0.1, 0.15) is 92.1 Å². The van der Waals surface area contributed by atoms with Crippen LogP contribution in [-0.2, 0) is 4.79 Å². The maximum absolute atomic E-state index is 14.0. The highest BCUT2D eigenvalue weighted by atomic mass is 19.4. The summed E-state index contributed by atoms with van der Waals surface area (Å²) < 4.78 is 77.5. The van der Waals surface area contributed by atoms with Gasteiger partial charge in [0.1, 0.15) is 0 Å². The maximum atomic E-state index is 14.0. The third-order valence-corrected chi connectivity index (χ3v) is 7.65. The highest BCUT2D eigenvalue weighted by Gasteiger charge is 2.40. The molecule has 3 aromatic rings. The predicted molar refractivity (Wildman–Crippen MR) is 137 cm³/mol.